The van der Waals surface area contributed by atoms with Crippen LogP contribution in [-0.4, -0.2) is 46.9 Å². The minimum Gasteiger partial charge on any atom is -0.375 e. The van der Waals surface area contributed by atoms with Gasteiger partial charge in [0.1, 0.15) is 5.01 Å². The molecular formula is C14H22N4O2S. The van der Waals surface area contributed by atoms with Crippen molar-refractivity contribution in [3.05, 3.63) is 5.01 Å². The number of urea groups is 1. The molecule has 1 aliphatic heterocycles. The highest BCUT2D eigenvalue weighted by Crippen LogP contribution is 2.29. The van der Waals surface area contributed by atoms with Crippen LogP contribution in [0.3, 0.4) is 0 Å². The molecule has 2 heterocycles. The molecule has 0 aromatic carbocycles. The van der Waals surface area contributed by atoms with Crippen LogP contribution in [0.2, 0.25) is 0 Å². The van der Waals surface area contributed by atoms with E-state index in [0.29, 0.717) is 24.8 Å². The van der Waals surface area contributed by atoms with E-state index in [9.17, 15) is 4.79 Å². The second-order valence-electron chi connectivity index (χ2n) is 5.91. The van der Waals surface area contributed by atoms with Crippen LogP contribution in [0.25, 0.3) is 0 Å². The Morgan fingerprint density at radius 3 is 3.00 bits per heavy atom. The molecule has 6 nitrogen and oxygen atoms in total. The Labute approximate surface area is 128 Å². The molecule has 1 saturated carbocycles. The van der Waals surface area contributed by atoms with Crippen molar-refractivity contribution in [1.29, 1.82) is 0 Å². The Kier molecular flexibility index (Phi) is 4.70. The highest BCUT2D eigenvalue weighted by molar-refractivity contribution is 7.15. The Morgan fingerprint density at radius 1 is 1.43 bits per heavy atom. The number of rotatable bonds is 3. The zero-order valence-corrected chi connectivity index (χ0v) is 13.2. The molecule has 0 spiro atoms. The Bertz CT molecular complexity index is 487. The normalized spacial score (nSPS) is 23.5. The van der Waals surface area contributed by atoms with Crippen LogP contribution in [0.5, 0.6) is 0 Å². The predicted molar refractivity (Wildman–Crippen MR) is 81.6 cm³/mol. The molecule has 1 N–H and O–H groups in total. The molecule has 1 aliphatic carbocycles. The first kappa shape index (κ1) is 14.7. The van der Waals surface area contributed by atoms with Crippen molar-refractivity contribution >= 4 is 22.5 Å². The lowest BCUT2D eigenvalue weighted by atomic mass is 10.1. The zero-order valence-electron chi connectivity index (χ0n) is 12.4. The number of carbonyl (C=O) groups is 1. The lowest BCUT2D eigenvalue weighted by molar-refractivity contribution is -0.00138. The molecule has 1 saturated heterocycles. The maximum atomic E-state index is 12.2. The second kappa shape index (κ2) is 6.70. The quantitative estimate of drug-likeness (QED) is 0.931. The van der Waals surface area contributed by atoms with Crippen LogP contribution in [0, 0.1) is 5.92 Å². The van der Waals surface area contributed by atoms with Gasteiger partial charge in [-0.3, -0.25) is 5.32 Å². The van der Waals surface area contributed by atoms with Crippen molar-refractivity contribution < 1.29 is 9.53 Å². The van der Waals surface area contributed by atoms with Gasteiger partial charge in [-0.05, 0) is 12.8 Å². The van der Waals surface area contributed by atoms with Crippen molar-refractivity contribution in [3.8, 4) is 0 Å². The van der Waals surface area contributed by atoms with Gasteiger partial charge in [-0.1, -0.05) is 37.0 Å². The van der Waals surface area contributed by atoms with Crippen molar-refractivity contribution in [3.63, 3.8) is 0 Å². The summed E-state index contributed by atoms with van der Waals surface area (Å²) < 4.78 is 5.44. The summed E-state index contributed by atoms with van der Waals surface area (Å²) in [5.41, 5.74) is 0. The van der Waals surface area contributed by atoms with Crippen molar-refractivity contribution in [2.45, 2.75) is 45.1 Å². The predicted octanol–water partition coefficient (Wildman–Crippen LogP) is 2.52. The molecule has 0 unspecified atom stereocenters. The van der Waals surface area contributed by atoms with Gasteiger partial charge >= 0.3 is 6.03 Å². The van der Waals surface area contributed by atoms with E-state index in [4.69, 9.17) is 4.74 Å². The third-order valence-corrected chi connectivity index (χ3v) is 5.01. The van der Waals surface area contributed by atoms with Gasteiger partial charge in [-0.2, -0.15) is 0 Å². The van der Waals surface area contributed by atoms with Crippen molar-refractivity contribution in [2.24, 2.45) is 5.92 Å². The highest BCUT2D eigenvalue weighted by atomic mass is 32.1. The van der Waals surface area contributed by atoms with Gasteiger partial charge in [0.05, 0.1) is 12.7 Å². The molecular weight excluding hydrogens is 288 g/mol. The summed E-state index contributed by atoms with van der Waals surface area (Å²) in [4.78, 5) is 13.9. The average Bonchev–Trinajstić information content (AvgIpc) is 3.11. The SMILES string of the molecule is C[C@H]1CN(C(=O)Nc2nnc(CC3CCCC3)s2)CCO1. The van der Waals surface area contributed by atoms with Gasteiger partial charge in [-0.15, -0.1) is 10.2 Å². The van der Waals surface area contributed by atoms with Gasteiger partial charge in [0.15, 0.2) is 0 Å². The summed E-state index contributed by atoms with van der Waals surface area (Å²) in [6, 6.07) is -0.103. The molecule has 1 aromatic rings. The van der Waals surface area contributed by atoms with E-state index in [1.807, 2.05) is 6.92 Å². The summed E-state index contributed by atoms with van der Waals surface area (Å²) in [5, 5.41) is 12.8. The third-order valence-electron chi connectivity index (χ3n) is 4.15. The van der Waals surface area contributed by atoms with Crippen LogP contribution in [0.15, 0.2) is 0 Å². The number of anilines is 1. The maximum Gasteiger partial charge on any atom is 0.323 e. The van der Waals surface area contributed by atoms with Crippen LogP contribution < -0.4 is 5.32 Å². The Hall–Kier alpha value is -1.21. The van der Waals surface area contributed by atoms with Crippen molar-refractivity contribution in [1.82, 2.24) is 15.1 Å². The van der Waals surface area contributed by atoms with Gasteiger partial charge < -0.3 is 9.64 Å². The average molecular weight is 310 g/mol. The van der Waals surface area contributed by atoms with E-state index in [1.54, 1.807) is 4.90 Å². The first-order chi connectivity index (χ1) is 10.2. The van der Waals surface area contributed by atoms with Gasteiger partial charge in [0.25, 0.3) is 0 Å². The molecule has 1 atom stereocenters. The number of amides is 2. The first-order valence-electron chi connectivity index (χ1n) is 7.70. The van der Waals surface area contributed by atoms with Gasteiger partial charge in [0, 0.05) is 19.5 Å². The molecule has 2 fully saturated rings. The standard InChI is InChI=1S/C14H22N4O2S/c1-10-9-18(6-7-20-10)14(19)15-13-17-16-12(21-13)8-11-4-2-3-5-11/h10-11H,2-9H2,1H3,(H,15,17,19)/t10-/m0/s1. The summed E-state index contributed by atoms with van der Waals surface area (Å²) in [6.07, 6.45) is 6.36. The number of morpholine rings is 1. The number of ether oxygens (including phenoxy) is 1. The van der Waals surface area contributed by atoms with E-state index in [0.717, 1.165) is 17.3 Å². The first-order valence-corrected chi connectivity index (χ1v) is 8.52. The highest BCUT2D eigenvalue weighted by Gasteiger charge is 2.23. The lowest BCUT2D eigenvalue weighted by Crippen LogP contribution is -2.46. The zero-order chi connectivity index (χ0) is 14.7. The molecule has 3 rings (SSSR count). The third kappa shape index (κ3) is 3.91. The fraction of sp³-hybridized carbons (Fsp3) is 0.786. The molecule has 7 heteroatoms. The summed E-state index contributed by atoms with van der Waals surface area (Å²) >= 11 is 1.50. The second-order valence-corrected chi connectivity index (χ2v) is 6.98. The van der Waals surface area contributed by atoms with E-state index < -0.39 is 0 Å². The van der Waals surface area contributed by atoms with Gasteiger partial charge in [0.2, 0.25) is 5.13 Å². The van der Waals surface area contributed by atoms with Crippen LogP contribution in [0.4, 0.5) is 9.93 Å². The van der Waals surface area contributed by atoms with E-state index in [-0.39, 0.29) is 12.1 Å². The van der Waals surface area contributed by atoms with Crippen LogP contribution >= 0.6 is 11.3 Å². The van der Waals surface area contributed by atoms with Crippen LogP contribution in [0.1, 0.15) is 37.6 Å². The van der Waals surface area contributed by atoms with E-state index in [2.05, 4.69) is 15.5 Å². The molecule has 0 bridgehead atoms. The molecule has 2 aliphatic rings. The number of carbonyl (C=O) groups excluding carboxylic acids is 1. The number of nitrogens with zero attached hydrogens (tertiary/aromatic N) is 3. The minimum atomic E-state index is -0.103. The van der Waals surface area contributed by atoms with Crippen molar-refractivity contribution in [2.75, 3.05) is 25.0 Å². The van der Waals surface area contributed by atoms with Crippen LogP contribution in [-0.2, 0) is 11.2 Å². The smallest absolute Gasteiger partial charge is 0.323 e. The fourth-order valence-electron chi connectivity index (χ4n) is 3.02. The topological polar surface area (TPSA) is 67.4 Å². The maximum absolute atomic E-state index is 12.2. The molecule has 1 aromatic heterocycles. The van der Waals surface area contributed by atoms with E-state index in [1.165, 1.54) is 37.0 Å². The number of hydrogen-bond donors (Lipinski definition) is 1. The number of nitrogens with one attached hydrogen (secondary N) is 1. The summed E-state index contributed by atoms with van der Waals surface area (Å²) in [7, 11) is 0. The molecule has 0 radical (unpaired) electrons. The number of aromatic nitrogens is 2. The Morgan fingerprint density at radius 2 is 2.24 bits per heavy atom. The molecule has 116 valence electrons. The summed E-state index contributed by atoms with van der Waals surface area (Å²) in [6.45, 7) is 3.82. The molecule has 2 amide bonds. The largest absolute Gasteiger partial charge is 0.375 e. The molecule has 21 heavy (non-hydrogen) atoms. The number of hydrogen-bond acceptors (Lipinski definition) is 5. The van der Waals surface area contributed by atoms with Gasteiger partial charge in [-0.25, -0.2) is 4.79 Å². The fourth-order valence-corrected chi connectivity index (χ4v) is 3.87. The Balaban J connectivity index is 1.52. The monoisotopic (exact) mass is 310 g/mol. The summed E-state index contributed by atoms with van der Waals surface area (Å²) in [5.74, 6) is 0.751. The lowest BCUT2D eigenvalue weighted by Gasteiger charge is -2.30. The minimum absolute atomic E-state index is 0.0943. The van der Waals surface area contributed by atoms with E-state index >= 15 is 0 Å².